The normalized spacial score (nSPS) is 10.9. The van der Waals surface area contributed by atoms with Crippen molar-refractivity contribution < 1.29 is 23.8 Å². The highest BCUT2D eigenvalue weighted by Gasteiger charge is 2.17. The molecule has 5 nitrogen and oxygen atoms in total. The van der Waals surface area contributed by atoms with Gasteiger partial charge in [-0.05, 0) is 36.3 Å². The third-order valence-corrected chi connectivity index (χ3v) is 3.53. The van der Waals surface area contributed by atoms with E-state index in [1.165, 1.54) is 27.2 Å². The van der Waals surface area contributed by atoms with Crippen molar-refractivity contribution in [3.63, 3.8) is 0 Å². The van der Waals surface area contributed by atoms with Gasteiger partial charge in [-0.15, -0.1) is 0 Å². The Kier molecular flexibility index (Phi) is 6.34. The summed E-state index contributed by atoms with van der Waals surface area (Å²) in [6.45, 7) is 1.44. The summed E-state index contributed by atoms with van der Waals surface area (Å²) in [5.74, 6) is 0.0477. The highest BCUT2D eigenvalue weighted by molar-refractivity contribution is 6.19. The second-order valence-corrected chi connectivity index (χ2v) is 5.29. The highest BCUT2D eigenvalue weighted by atomic mass is 16.5. The second-order valence-electron chi connectivity index (χ2n) is 5.29. The van der Waals surface area contributed by atoms with E-state index in [0.29, 0.717) is 17.1 Å². The lowest BCUT2D eigenvalue weighted by Crippen LogP contribution is -2.13. The molecule has 0 amide bonds. The minimum atomic E-state index is -0.661. The van der Waals surface area contributed by atoms with Gasteiger partial charge in [0, 0.05) is 0 Å². The molecule has 25 heavy (non-hydrogen) atoms. The summed E-state index contributed by atoms with van der Waals surface area (Å²) in [5.41, 5.74) is 1.47. The average Bonchev–Trinajstić information content (AvgIpc) is 2.64. The van der Waals surface area contributed by atoms with Gasteiger partial charge in [-0.3, -0.25) is 4.79 Å². The zero-order chi connectivity index (χ0) is 18.2. The van der Waals surface area contributed by atoms with Crippen LogP contribution in [0.3, 0.4) is 0 Å². The Bertz CT molecular complexity index is 778. The lowest BCUT2D eigenvalue weighted by atomic mass is 10.1. The summed E-state index contributed by atoms with van der Waals surface area (Å²) >= 11 is 0. The van der Waals surface area contributed by atoms with E-state index in [2.05, 4.69) is 0 Å². The molecule has 0 aromatic heterocycles. The van der Waals surface area contributed by atoms with Crippen molar-refractivity contribution >= 4 is 17.8 Å². The van der Waals surface area contributed by atoms with Crippen LogP contribution in [0, 0.1) is 0 Å². The maximum atomic E-state index is 12.3. The third kappa shape index (κ3) is 4.94. The first kappa shape index (κ1) is 18.3. The van der Waals surface area contributed by atoms with Crippen molar-refractivity contribution in [1.29, 1.82) is 0 Å². The lowest BCUT2D eigenvalue weighted by molar-refractivity contribution is -0.141. The fourth-order valence-electron chi connectivity index (χ4n) is 2.21. The molecule has 0 unspecified atom stereocenters. The summed E-state index contributed by atoms with van der Waals surface area (Å²) in [5, 5.41) is 0. The largest absolute Gasteiger partial charge is 0.493 e. The van der Waals surface area contributed by atoms with E-state index in [4.69, 9.17) is 14.2 Å². The van der Waals surface area contributed by atoms with Crippen LogP contribution in [0.15, 0.2) is 54.1 Å². The first-order chi connectivity index (χ1) is 12.0. The number of hydrogen-bond acceptors (Lipinski definition) is 5. The first-order valence-electron chi connectivity index (χ1n) is 7.71. The maximum absolute atomic E-state index is 12.3. The second kappa shape index (κ2) is 8.68. The van der Waals surface area contributed by atoms with Crippen molar-refractivity contribution in [3.05, 3.63) is 65.2 Å². The van der Waals surface area contributed by atoms with Gasteiger partial charge >= 0.3 is 5.97 Å². The summed E-state index contributed by atoms with van der Waals surface area (Å²) in [4.78, 5) is 24.1. The van der Waals surface area contributed by atoms with Crippen LogP contribution >= 0.6 is 0 Å². The predicted molar refractivity (Wildman–Crippen MR) is 94.4 cm³/mol. The van der Waals surface area contributed by atoms with Crippen LogP contribution in [0.1, 0.15) is 18.1 Å². The fourth-order valence-corrected chi connectivity index (χ4v) is 2.21. The molecule has 5 heteroatoms. The number of ether oxygens (including phenoxy) is 3. The number of ketones is 1. The number of Topliss-reactive ketones (excluding diaryl/α,β-unsaturated/α-hetero) is 1. The molecule has 0 heterocycles. The minimum absolute atomic E-state index is 0.0249. The van der Waals surface area contributed by atoms with E-state index in [1.54, 1.807) is 18.2 Å². The molecular weight excluding hydrogens is 320 g/mol. The van der Waals surface area contributed by atoms with Crippen LogP contribution in [0.2, 0.25) is 0 Å². The van der Waals surface area contributed by atoms with Gasteiger partial charge in [0.2, 0.25) is 0 Å². The van der Waals surface area contributed by atoms with E-state index >= 15 is 0 Å². The molecular formula is C20H20O5. The number of hydrogen-bond donors (Lipinski definition) is 0. The molecule has 0 radical (unpaired) electrons. The standard InChI is InChI=1S/C20H20O5/c1-14(21)17(20(22)25-13-15-7-5-4-6-8-15)11-16-9-10-18(23-2)19(12-16)24-3/h4-12H,13H2,1-3H3/b17-11-. The van der Waals surface area contributed by atoms with Gasteiger partial charge in [-0.2, -0.15) is 0 Å². The number of benzene rings is 2. The fraction of sp³-hybridized carbons (Fsp3) is 0.200. The number of carbonyl (C=O) groups excluding carboxylic acids is 2. The monoisotopic (exact) mass is 340 g/mol. The zero-order valence-corrected chi connectivity index (χ0v) is 14.4. The van der Waals surface area contributed by atoms with Gasteiger partial charge in [-0.1, -0.05) is 36.4 Å². The van der Waals surface area contributed by atoms with Crippen molar-refractivity contribution in [2.75, 3.05) is 14.2 Å². The van der Waals surface area contributed by atoms with Crippen molar-refractivity contribution in [1.82, 2.24) is 0 Å². The Balaban J connectivity index is 2.20. The van der Waals surface area contributed by atoms with Crippen LogP contribution in [0.4, 0.5) is 0 Å². The molecule has 0 aliphatic rings. The van der Waals surface area contributed by atoms with Gasteiger partial charge in [-0.25, -0.2) is 4.79 Å². The molecule has 0 spiro atoms. The van der Waals surface area contributed by atoms with Gasteiger partial charge in [0.15, 0.2) is 17.3 Å². The SMILES string of the molecule is COc1ccc(/C=C(/C(C)=O)C(=O)OCc2ccccc2)cc1OC. The lowest BCUT2D eigenvalue weighted by Gasteiger charge is -2.09. The highest BCUT2D eigenvalue weighted by Crippen LogP contribution is 2.28. The molecule has 0 atom stereocenters. The van der Waals surface area contributed by atoms with Crippen molar-refractivity contribution in [2.45, 2.75) is 13.5 Å². The Labute approximate surface area is 146 Å². The molecule has 2 aromatic carbocycles. The van der Waals surface area contributed by atoms with Crippen molar-refractivity contribution in [2.24, 2.45) is 0 Å². The minimum Gasteiger partial charge on any atom is -0.493 e. The number of carbonyl (C=O) groups is 2. The molecule has 0 aliphatic heterocycles. The molecule has 0 saturated heterocycles. The molecule has 0 N–H and O–H groups in total. The molecule has 0 saturated carbocycles. The van der Waals surface area contributed by atoms with Gasteiger partial charge in [0.1, 0.15) is 12.2 Å². The predicted octanol–water partition coefficient (Wildman–Crippen LogP) is 3.42. The molecule has 2 aromatic rings. The summed E-state index contributed by atoms with van der Waals surface area (Å²) in [6, 6.07) is 14.4. The van der Waals surface area contributed by atoms with Crippen LogP contribution in [-0.4, -0.2) is 26.0 Å². The number of methoxy groups -OCH3 is 2. The summed E-state index contributed by atoms with van der Waals surface area (Å²) < 4.78 is 15.6. The van der Waals surface area contributed by atoms with E-state index in [0.717, 1.165) is 5.56 Å². The summed E-state index contributed by atoms with van der Waals surface area (Å²) in [6.07, 6.45) is 1.48. The van der Waals surface area contributed by atoms with E-state index in [-0.39, 0.29) is 18.0 Å². The Hall–Kier alpha value is -3.08. The van der Waals surface area contributed by atoms with Crippen LogP contribution in [-0.2, 0) is 20.9 Å². The number of rotatable bonds is 7. The Morgan fingerprint density at radius 3 is 2.24 bits per heavy atom. The third-order valence-electron chi connectivity index (χ3n) is 3.53. The van der Waals surface area contributed by atoms with Crippen LogP contribution < -0.4 is 9.47 Å². The molecule has 2 rings (SSSR count). The zero-order valence-electron chi connectivity index (χ0n) is 14.4. The van der Waals surface area contributed by atoms with Crippen molar-refractivity contribution in [3.8, 4) is 11.5 Å². The number of esters is 1. The topological polar surface area (TPSA) is 61.8 Å². The Morgan fingerprint density at radius 1 is 0.960 bits per heavy atom. The molecule has 0 fully saturated rings. The van der Waals surface area contributed by atoms with Crippen LogP contribution in [0.5, 0.6) is 11.5 Å². The quantitative estimate of drug-likeness (QED) is 0.334. The van der Waals surface area contributed by atoms with E-state index in [1.807, 2.05) is 30.3 Å². The van der Waals surface area contributed by atoms with Crippen LogP contribution in [0.25, 0.3) is 6.08 Å². The van der Waals surface area contributed by atoms with Gasteiger partial charge in [0.05, 0.1) is 14.2 Å². The smallest absolute Gasteiger partial charge is 0.342 e. The molecule has 0 bridgehead atoms. The van der Waals surface area contributed by atoms with Gasteiger partial charge < -0.3 is 14.2 Å². The van der Waals surface area contributed by atoms with Gasteiger partial charge in [0.25, 0.3) is 0 Å². The average molecular weight is 340 g/mol. The Morgan fingerprint density at radius 2 is 1.64 bits per heavy atom. The summed E-state index contributed by atoms with van der Waals surface area (Å²) in [7, 11) is 3.06. The first-order valence-corrected chi connectivity index (χ1v) is 7.71. The van der Waals surface area contributed by atoms with E-state index in [9.17, 15) is 9.59 Å². The molecule has 130 valence electrons. The maximum Gasteiger partial charge on any atom is 0.342 e. The van der Waals surface area contributed by atoms with E-state index < -0.39 is 5.97 Å². The molecule has 0 aliphatic carbocycles.